The second-order valence-electron chi connectivity index (χ2n) is 3.64. The summed E-state index contributed by atoms with van der Waals surface area (Å²) in [4.78, 5) is 23.3. The van der Waals surface area contributed by atoms with Gasteiger partial charge in [0.05, 0.1) is 26.2 Å². The lowest BCUT2D eigenvalue weighted by atomic mass is 10.0. The molecule has 0 saturated carbocycles. The first-order valence-electron chi connectivity index (χ1n) is 5.38. The van der Waals surface area contributed by atoms with Crippen LogP contribution in [0.1, 0.15) is 16.8 Å². The highest BCUT2D eigenvalue weighted by Gasteiger charge is 2.16. The van der Waals surface area contributed by atoms with Crippen LogP contribution in [0.25, 0.3) is 0 Å². The maximum Gasteiger partial charge on any atom is 0.174 e. The van der Waals surface area contributed by atoms with Gasteiger partial charge in [0.2, 0.25) is 0 Å². The molecular formula is C13H16O5. The quantitative estimate of drug-likeness (QED) is 0.543. The minimum Gasteiger partial charge on any atom is -0.497 e. The van der Waals surface area contributed by atoms with Crippen LogP contribution in [-0.2, 0) is 9.53 Å². The molecule has 0 aliphatic carbocycles. The summed E-state index contributed by atoms with van der Waals surface area (Å²) in [6.07, 6.45) is -0.211. The van der Waals surface area contributed by atoms with Crippen molar-refractivity contribution in [1.82, 2.24) is 0 Å². The summed E-state index contributed by atoms with van der Waals surface area (Å²) in [5.74, 6) is 0.379. The molecule has 98 valence electrons. The number of methoxy groups -OCH3 is 3. The SMILES string of the molecule is COCC(=O)CC(=O)c1cc(OC)ccc1OC. The Hall–Kier alpha value is -1.88. The first kappa shape index (κ1) is 14.2. The Kier molecular flexibility index (Phi) is 5.32. The van der Waals surface area contributed by atoms with Crippen molar-refractivity contribution in [2.45, 2.75) is 6.42 Å². The first-order chi connectivity index (χ1) is 8.62. The molecule has 0 fully saturated rings. The number of rotatable bonds is 7. The van der Waals surface area contributed by atoms with Crippen LogP contribution in [0.15, 0.2) is 18.2 Å². The van der Waals surface area contributed by atoms with E-state index < -0.39 is 0 Å². The predicted molar refractivity (Wildman–Crippen MR) is 65.4 cm³/mol. The number of benzene rings is 1. The molecule has 0 saturated heterocycles. The summed E-state index contributed by atoms with van der Waals surface area (Å²) in [7, 11) is 4.39. The zero-order valence-electron chi connectivity index (χ0n) is 10.7. The summed E-state index contributed by atoms with van der Waals surface area (Å²) < 4.78 is 14.8. The summed E-state index contributed by atoms with van der Waals surface area (Å²) in [5.41, 5.74) is 0.335. The summed E-state index contributed by atoms with van der Waals surface area (Å²) >= 11 is 0. The van der Waals surface area contributed by atoms with E-state index in [1.54, 1.807) is 18.2 Å². The van der Waals surface area contributed by atoms with Crippen LogP contribution >= 0.6 is 0 Å². The van der Waals surface area contributed by atoms with E-state index in [1.807, 2.05) is 0 Å². The second-order valence-corrected chi connectivity index (χ2v) is 3.64. The summed E-state index contributed by atoms with van der Waals surface area (Å²) in [6, 6.07) is 4.88. The van der Waals surface area contributed by atoms with Crippen LogP contribution in [-0.4, -0.2) is 39.5 Å². The van der Waals surface area contributed by atoms with Gasteiger partial charge in [-0.15, -0.1) is 0 Å². The van der Waals surface area contributed by atoms with Crippen molar-refractivity contribution in [2.75, 3.05) is 27.9 Å². The van der Waals surface area contributed by atoms with Crippen LogP contribution in [0.3, 0.4) is 0 Å². The third-order valence-electron chi connectivity index (χ3n) is 2.37. The zero-order chi connectivity index (χ0) is 13.5. The smallest absolute Gasteiger partial charge is 0.174 e. The lowest BCUT2D eigenvalue weighted by Gasteiger charge is -2.09. The molecule has 0 atom stereocenters. The van der Waals surface area contributed by atoms with Crippen molar-refractivity contribution in [3.63, 3.8) is 0 Å². The Bertz CT molecular complexity index is 439. The molecule has 0 radical (unpaired) electrons. The molecule has 1 aromatic rings. The third kappa shape index (κ3) is 3.56. The maximum absolute atomic E-state index is 12.0. The van der Waals surface area contributed by atoms with E-state index in [0.29, 0.717) is 17.1 Å². The fourth-order valence-corrected chi connectivity index (χ4v) is 1.52. The highest BCUT2D eigenvalue weighted by Crippen LogP contribution is 2.25. The molecule has 0 heterocycles. The minimum absolute atomic E-state index is 0.0714. The number of carbonyl (C=O) groups excluding carboxylic acids is 2. The molecule has 0 aliphatic heterocycles. The second kappa shape index (κ2) is 6.76. The van der Waals surface area contributed by atoms with Gasteiger partial charge < -0.3 is 14.2 Å². The van der Waals surface area contributed by atoms with Gasteiger partial charge in [-0.25, -0.2) is 0 Å². The molecule has 0 amide bonds. The van der Waals surface area contributed by atoms with E-state index in [4.69, 9.17) is 9.47 Å². The van der Waals surface area contributed by atoms with Gasteiger partial charge in [-0.1, -0.05) is 0 Å². The van der Waals surface area contributed by atoms with Gasteiger partial charge in [0.1, 0.15) is 18.1 Å². The molecule has 0 bridgehead atoms. The number of ketones is 2. The van der Waals surface area contributed by atoms with Crippen molar-refractivity contribution in [3.05, 3.63) is 23.8 Å². The molecule has 1 rings (SSSR count). The van der Waals surface area contributed by atoms with Crippen LogP contribution < -0.4 is 9.47 Å². The van der Waals surface area contributed by atoms with E-state index in [2.05, 4.69) is 4.74 Å². The highest BCUT2D eigenvalue weighted by molar-refractivity contribution is 6.09. The van der Waals surface area contributed by atoms with Gasteiger partial charge in [0.15, 0.2) is 11.6 Å². The van der Waals surface area contributed by atoms with Crippen molar-refractivity contribution in [2.24, 2.45) is 0 Å². The molecule has 1 aromatic carbocycles. The van der Waals surface area contributed by atoms with E-state index in [9.17, 15) is 9.59 Å². The number of ether oxygens (including phenoxy) is 3. The van der Waals surface area contributed by atoms with E-state index in [-0.39, 0.29) is 24.6 Å². The molecule has 18 heavy (non-hydrogen) atoms. The average Bonchev–Trinajstić information content (AvgIpc) is 2.38. The molecule has 0 unspecified atom stereocenters. The van der Waals surface area contributed by atoms with E-state index in [0.717, 1.165) is 0 Å². The molecular weight excluding hydrogens is 236 g/mol. The lowest BCUT2D eigenvalue weighted by molar-refractivity contribution is -0.121. The maximum atomic E-state index is 12.0. The average molecular weight is 252 g/mol. The zero-order valence-corrected chi connectivity index (χ0v) is 10.7. The summed E-state index contributed by atoms with van der Waals surface area (Å²) in [6.45, 7) is -0.0714. The topological polar surface area (TPSA) is 61.8 Å². The van der Waals surface area contributed by atoms with E-state index >= 15 is 0 Å². The van der Waals surface area contributed by atoms with Crippen molar-refractivity contribution >= 4 is 11.6 Å². The normalized spacial score (nSPS) is 9.94. The summed E-state index contributed by atoms with van der Waals surface area (Å²) in [5, 5.41) is 0. The molecule has 0 spiro atoms. The molecule has 5 heteroatoms. The van der Waals surface area contributed by atoms with Crippen LogP contribution in [0.5, 0.6) is 11.5 Å². The van der Waals surface area contributed by atoms with Crippen LogP contribution in [0.2, 0.25) is 0 Å². The van der Waals surface area contributed by atoms with Gasteiger partial charge in [-0.3, -0.25) is 9.59 Å². The lowest BCUT2D eigenvalue weighted by Crippen LogP contribution is -2.13. The van der Waals surface area contributed by atoms with Crippen LogP contribution in [0, 0.1) is 0 Å². The van der Waals surface area contributed by atoms with E-state index in [1.165, 1.54) is 21.3 Å². The van der Waals surface area contributed by atoms with Gasteiger partial charge in [0.25, 0.3) is 0 Å². The van der Waals surface area contributed by atoms with Crippen LogP contribution in [0.4, 0.5) is 0 Å². The Balaban J connectivity index is 2.92. The highest BCUT2D eigenvalue weighted by atomic mass is 16.5. The Morgan fingerprint density at radius 1 is 1.11 bits per heavy atom. The Labute approximate surface area is 106 Å². The Morgan fingerprint density at radius 3 is 2.39 bits per heavy atom. The fourth-order valence-electron chi connectivity index (χ4n) is 1.52. The van der Waals surface area contributed by atoms with Crippen molar-refractivity contribution in [1.29, 1.82) is 0 Å². The van der Waals surface area contributed by atoms with Crippen molar-refractivity contribution < 1.29 is 23.8 Å². The third-order valence-corrected chi connectivity index (χ3v) is 2.37. The molecule has 0 aromatic heterocycles. The number of carbonyl (C=O) groups is 2. The molecule has 5 nitrogen and oxygen atoms in total. The van der Waals surface area contributed by atoms with Crippen molar-refractivity contribution in [3.8, 4) is 11.5 Å². The number of Topliss-reactive ketones (excluding diaryl/α,β-unsaturated/α-hetero) is 2. The standard InChI is InChI=1S/C13H16O5/c1-16-8-9(14)6-12(15)11-7-10(17-2)4-5-13(11)18-3/h4-5,7H,6,8H2,1-3H3. The Morgan fingerprint density at radius 2 is 1.83 bits per heavy atom. The number of hydrogen-bond acceptors (Lipinski definition) is 5. The predicted octanol–water partition coefficient (Wildman–Crippen LogP) is 1.49. The number of hydrogen-bond donors (Lipinski definition) is 0. The molecule has 0 N–H and O–H groups in total. The minimum atomic E-state index is -0.312. The molecule has 0 aliphatic rings. The largest absolute Gasteiger partial charge is 0.497 e. The van der Waals surface area contributed by atoms with Gasteiger partial charge in [-0.2, -0.15) is 0 Å². The fraction of sp³-hybridized carbons (Fsp3) is 0.385. The van der Waals surface area contributed by atoms with Gasteiger partial charge >= 0.3 is 0 Å². The monoisotopic (exact) mass is 252 g/mol. The van der Waals surface area contributed by atoms with Gasteiger partial charge in [0, 0.05) is 7.11 Å². The first-order valence-corrected chi connectivity index (χ1v) is 5.38. The van der Waals surface area contributed by atoms with Gasteiger partial charge in [-0.05, 0) is 18.2 Å².